The summed E-state index contributed by atoms with van der Waals surface area (Å²) in [5, 5.41) is 37.5. The third-order valence-electron chi connectivity index (χ3n) is 3.05. The first-order chi connectivity index (χ1) is 10.0. The van der Waals surface area contributed by atoms with Gasteiger partial charge in [-0.3, -0.25) is 0 Å². The van der Waals surface area contributed by atoms with Crippen molar-refractivity contribution in [3.05, 3.63) is 47.5 Å². The second-order valence-electron chi connectivity index (χ2n) is 4.50. The van der Waals surface area contributed by atoms with Crippen LogP contribution < -0.4 is 5.48 Å². The predicted octanol–water partition coefficient (Wildman–Crippen LogP) is 1.49. The number of aliphatic imine (C=N–C) groups is 1. The highest BCUT2D eigenvalue weighted by atomic mass is 16.7. The van der Waals surface area contributed by atoms with Gasteiger partial charge in [0.25, 0.3) is 0 Å². The maximum Gasteiger partial charge on any atom is 0.202 e. The molecule has 0 spiro atoms. The molecule has 5 N–H and O–H groups in total. The zero-order valence-corrected chi connectivity index (χ0v) is 10.7. The van der Waals surface area contributed by atoms with E-state index < -0.39 is 6.23 Å². The normalized spacial score (nSPS) is 17.3. The highest BCUT2D eigenvalue weighted by Crippen LogP contribution is 2.32. The van der Waals surface area contributed by atoms with Crippen LogP contribution in [0.1, 0.15) is 17.4 Å². The van der Waals surface area contributed by atoms with Gasteiger partial charge in [0.1, 0.15) is 0 Å². The Morgan fingerprint density at radius 3 is 2.19 bits per heavy atom. The second-order valence-corrected chi connectivity index (χ2v) is 4.50. The smallest absolute Gasteiger partial charge is 0.202 e. The molecule has 1 atom stereocenters. The van der Waals surface area contributed by atoms with E-state index >= 15 is 0 Å². The van der Waals surface area contributed by atoms with Crippen LogP contribution in [0.2, 0.25) is 0 Å². The van der Waals surface area contributed by atoms with Crippen molar-refractivity contribution in [2.24, 2.45) is 4.99 Å². The van der Waals surface area contributed by atoms with Gasteiger partial charge in [-0.25, -0.2) is 15.3 Å². The van der Waals surface area contributed by atoms with Gasteiger partial charge >= 0.3 is 0 Å². The molecule has 7 heteroatoms. The lowest BCUT2D eigenvalue weighted by atomic mass is 10.1. The lowest BCUT2D eigenvalue weighted by Crippen LogP contribution is -2.17. The van der Waals surface area contributed by atoms with E-state index in [1.54, 1.807) is 12.1 Å². The lowest BCUT2D eigenvalue weighted by Gasteiger charge is -2.07. The van der Waals surface area contributed by atoms with E-state index in [0.29, 0.717) is 17.0 Å². The van der Waals surface area contributed by atoms with E-state index in [9.17, 15) is 20.4 Å². The number of hydrogen-bond acceptors (Lipinski definition) is 7. The van der Waals surface area contributed by atoms with Gasteiger partial charge in [0.2, 0.25) is 6.23 Å². The van der Waals surface area contributed by atoms with Crippen LogP contribution in [-0.2, 0) is 4.84 Å². The zero-order valence-electron chi connectivity index (χ0n) is 10.7. The molecule has 0 amide bonds. The molecule has 1 aliphatic rings. The summed E-state index contributed by atoms with van der Waals surface area (Å²) in [7, 11) is 0. The maximum atomic E-state index is 9.48. The Morgan fingerprint density at radius 1 is 0.857 bits per heavy atom. The molecule has 0 radical (unpaired) electrons. The topological polar surface area (TPSA) is 115 Å². The molecule has 1 aliphatic heterocycles. The molecule has 0 saturated carbocycles. The minimum absolute atomic E-state index is 0.224. The Bertz CT molecular complexity index is 729. The first-order valence-electron chi connectivity index (χ1n) is 6.08. The van der Waals surface area contributed by atoms with Crippen molar-refractivity contribution in [3.8, 4) is 23.0 Å². The molecule has 2 aromatic carbocycles. The van der Waals surface area contributed by atoms with E-state index in [4.69, 9.17) is 4.84 Å². The Kier molecular flexibility index (Phi) is 3.03. The summed E-state index contributed by atoms with van der Waals surface area (Å²) in [6.45, 7) is 0. The van der Waals surface area contributed by atoms with Crippen molar-refractivity contribution in [1.82, 2.24) is 5.48 Å². The first-order valence-corrected chi connectivity index (χ1v) is 6.08. The van der Waals surface area contributed by atoms with E-state index in [0.717, 1.165) is 0 Å². The highest BCUT2D eigenvalue weighted by Gasteiger charge is 2.22. The molecule has 1 unspecified atom stereocenters. The van der Waals surface area contributed by atoms with Crippen LogP contribution in [0.15, 0.2) is 41.4 Å². The number of nitrogens with one attached hydrogen (secondary N) is 1. The number of phenolic OH excluding ortho intramolecular Hbond substituents is 4. The Balaban J connectivity index is 1.89. The fourth-order valence-electron chi connectivity index (χ4n) is 1.92. The monoisotopic (exact) mass is 288 g/mol. The highest BCUT2D eigenvalue weighted by molar-refractivity contribution is 5.99. The molecule has 3 rings (SSSR count). The number of nitrogens with zero attached hydrogens (tertiary/aromatic N) is 1. The molecule has 0 fully saturated rings. The van der Waals surface area contributed by atoms with Gasteiger partial charge < -0.3 is 20.4 Å². The summed E-state index contributed by atoms with van der Waals surface area (Å²) < 4.78 is 0. The van der Waals surface area contributed by atoms with Crippen molar-refractivity contribution in [2.75, 3.05) is 0 Å². The van der Waals surface area contributed by atoms with E-state index in [-0.39, 0.29) is 23.0 Å². The molecule has 2 aromatic rings. The number of phenols is 4. The van der Waals surface area contributed by atoms with Gasteiger partial charge in [-0.1, -0.05) is 6.07 Å². The third kappa shape index (κ3) is 2.41. The average Bonchev–Trinajstić information content (AvgIpc) is 2.94. The summed E-state index contributed by atoms with van der Waals surface area (Å²) in [6, 6.07) is 8.52. The van der Waals surface area contributed by atoms with Gasteiger partial charge in [0.05, 0.1) is 0 Å². The Morgan fingerprint density at radius 2 is 1.52 bits per heavy atom. The molecule has 0 aromatic heterocycles. The molecule has 0 aliphatic carbocycles. The fourth-order valence-corrected chi connectivity index (χ4v) is 1.92. The molecule has 1 heterocycles. The molecular weight excluding hydrogens is 276 g/mol. The SMILES string of the molecule is Oc1ccc(C2=NC(c3ccc(O)c(O)c3)ON2)cc1O. The maximum absolute atomic E-state index is 9.48. The molecule has 0 bridgehead atoms. The first kappa shape index (κ1) is 13.1. The van der Waals surface area contributed by atoms with Gasteiger partial charge in [-0.05, 0) is 30.3 Å². The molecule has 108 valence electrons. The molecule has 7 nitrogen and oxygen atoms in total. The lowest BCUT2D eigenvalue weighted by molar-refractivity contribution is 0.0375. The zero-order chi connectivity index (χ0) is 15.0. The third-order valence-corrected chi connectivity index (χ3v) is 3.05. The number of aromatic hydroxyl groups is 4. The average molecular weight is 288 g/mol. The van der Waals surface area contributed by atoms with Crippen LogP contribution in [-0.4, -0.2) is 26.3 Å². The van der Waals surface area contributed by atoms with Gasteiger partial charge in [-0.2, -0.15) is 0 Å². The second kappa shape index (κ2) is 4.88. The van der Waals surface area contributed by atoms with Crippen molar-refractivity contribution in [2.45, 2.75) is 6.23 Å². The quantitative estimate of drug-likeness (QED) is 0.535. The number of rotatable bonds is 2. The number of hydroxylamine groups is 1. The van der Waals surface area contributed by atoms with Gasteiger partial charge in [-0.15, -0.1) is 0 Å². The van der Waals surface area contributed by atoms with Gasteiger partial charge in [0, 0.05) is 11.1 Å². The summed E-state index contributed by atoms with van der Waals surface area (Å²) >= 11 is 0. The van der Waals surface area contributed by atoms with Crippen LogP contribution in [0.5, 0.6) is 23.0 Å². The minimum atomic E-state index is -0.692. The van der Waals surface area contributed by atoms with Crippen molar-refractivity contribution >= 4 is 5.84 Å². The van der Waals surface area contributed by atoms with Crippen LogP contribution in [0.3, 0.4) is 0 Å². The number of benzene rings is 2. The summed E-state index contributed by atoms with van der Waals surface area (Å²) in [5.41, 5.74) is 3.70. The van der Waals surface area contributed by atoms with Crippen molar-refractivity contribution in [3.63, 3.8) is 0 Å². The van der Waals surface area contributed by atoms with Crippen molar-refractivity contribution < 1.29 is 25.3 Å². The largest absolute Gasteiger partial charge is 0.504 e. The summed E-state index contributed by atoms with van der Waals surface area (Å²) in [6.07, 6.45) is -0.692. The molecular formula is C14H12N2O5. The number of hydrogen-bond donors (Lipinski definition) is 5. The minimum Gasteiger partial charge on any atom is -0.504 e. The van der Waals surface area contributed by atoms with E-state index in [1.807, 2.05) is 0 Å². The van der Waals surface area contributed by atoms with Crippen molar-refractivity contribution in [1.29, 1.82) is 0 Å². The molecule has 21 heavy (non-hydrogen) atoms. The van der Waals surface area contributed by atoms with Crippen LogP contribution in [0.25, 0.3) is 0 Å². The summed E-state index contributed by atoms with van der Waals surface area (Å²) in [5.74, 6) is -0.594. The Hall–Kier alpha value is -2.93. The van der Waals surface area contributed by atoms with Crippen LogP contribution in [0.4, 0.5) is 0 Å². The van der Waals surface area contributed by atoms with E-state index in [1.165, 1.54) is 24.3 Å². The standard InChI is InChI=1S/C14H12N2O5/c17-9-3-1-7(5-11(9)19)13-15-14(21-16-13)8-2-4-10(18)12(20)6-8/h1-6,14,17-20H,(H,15,16). The fraction of sp³-hybridized carbons (Fsp3) is 0.0714. The predicted molar refractivity (Wildman–Crippen MR) is 73.0 cm³/mol. The Labute approximate surface area is 119 Å². The van der Waals surface area contributed by atoms with Crippen LogP contribution in [0, 0.1) is 0 Å². The summed E-state index contributed by atoms with van der Waals surface area (Å²) in [4.78, 5) is 9.55. The van der Waals surface area contributed by atoms with E-state index in [2.05, 4.69) is 10.5 Å². The van der Waals surface area contributed by atoms with Gasteiger partial charge in [0.15, 0.2) is 28.8 Å². The molecule has 0 saturated heterocycles. The number of amidine groups is 1. The van der Waals surface area contributed by atoms with Crippen LogP contribution >= 0.6 is 0 Å².